The summed E-state index contributed by atoms with van der Waals surface area (Å²) in [5.41, 5.74) is 4.81. The molecule has 0 N–H and O–H groups in total. The van der Waals surface area contributed by atoms with Crippen molar-refractivity contribution in [3.05, 3.63) is 55.0 Å². The minimum atomic E-state index is 0.887. The number of benzene rings is 1. The second-order valence-corrected chi connectivity index (χ2v) is 7.93. The van der Waals surface area contributed by atoms with E-state index >= 15 is 0 Å². The Labute approximate surface area is 165 Å². The first-order valence-corrected chi connectivity index (χ1v) is 10.3. The SMILES string of the molecule is CCC1CCN(c2ccc(-c3ccc4c5cnccc5n(C)c4c3)cn2)CC1. The fourth-order valence-electron chi connectivity index (χ4n) is 4.55. The van der Waals surface area contributed by atoms with Crippen molar-refractivity contribution in [1.29, 1.82) is 0 Å². The molecule has 0 amide bonds. The molecule has 0 radical (unpaired) electrons. The van der Waals surface area contributed by atoms with Crippen molar-refractivity contribution in [2.45, 2.75) is 26.2 Å². The third kappa shape index (κ3) is 2.84. The van der Waals surface area contributed by atoms with Gasteiger partial charge in [0.15, 0.2) is 0 Å². The molecule has 0 unspecified atom stereocenters. The molecule has 0 atom stereocenters. The van der Waals surface area contributed by atoms with E-state index < -0.39 is 0 Å². The van der Waals surface area contributed by atoms with Crippen LogP contribution in [-0.4, -0.2) is 27.6 Å². The highest BCUT2D eigenvalue weighted by molar-refractivity contribution is 6.08. The van der Waals surface area contributed by atoms with E-state index in [4.69, 9.17) is 4.98 Å². The Kier molecular flexibility index (Phi) is 4.27. The molecule has 1 saturated heterocycles. The van der Waals surface area contributed by atoms with E-state index in [1.54, 1.807) is 0 Å². The quantitative estimate of drug-likeness (QED) is 0.483. The van der Waals surface area contributed by atoms with E-state index in [1.165, 1.54) is 46.6 Å². The van der Waals surface area contributed by atoms with Crippen molar-refractivity contribution in [2.75, 3.05) is 18.0 Å². The van der Waals surface area contributed by atoms with Crippen molar-refractivity contribution in [3.63, 3.8) is 0 Å². The molecule has 5 rings (SSSR count). The van der Waals surface area contributed by atoms with E-state index in [-0.39, 0.29) is 0 Å². The molecule has 28 heavy (non-hydrogen) atoms. The zero-order chi connectivity index (χ0) is 19.1. The molecule has 4 nitrogen and oxygen atoms in total. The predicted octanol–water partition coefficient (Wildman–Crippen LogP) is 5.41. The molecule has 4 aromatic rings. The van der Waals surface area contributed by atoms with E-state index in [0.717, 1.165) is 30.4 Å². The van der Waals surface area contributed by atoms with Crippen LogP contribution in [0, 0.1) is 5.92 Å². The van der Waals surface area contributed by atoms with Gasteiger partial charge in [0.1, 0.15) is 5.82 Å². The molecule has 0 saturated carbocycles. The smallest absolute Gasteiger partial charge is 0.128 e. The monoisotopic (exact) mass is 370 g/mol. The van der Waals surface area contributed by atoms with Gasteiger partial charge in [-0.1, -0.05) is 25.5 Å². The minimum Gasteiger partial charge on any atom is -0.357 e. The highest BCUT2D eigenvalue weighted by atomic mass is 15.2. The number of hydrogen-bond acceptors (Lipinski definition) is 3. The number of nitrogens with zero attached hydrogens (tertiary/aromatic N) is 4. The normalized spacial score (nSPS) is 15.6. The van der Waals surface area contributed by atoms with Gasteiger partial charge in [0.2, 0.25) is 0 Å². The summed E-state index contributed by atoms with van der Waals surface area (Å²) in [6.45, 7) is 4.55. The summed E-state index contributed by atoms with van der Waals surface area (Å²) in [6, 6.07) is 13.1. The standard InChI is InChI=1S/C24H26N4/c1-3-17-9-12-28(13-10-17)24-7-5-19(15-26-24)18-4-6-20-21-16-25-11-8-22(21)27(2)23(20)14-18/h4-8,11,14-17H,3,9-10,12-13H2,1-2H3. The van der Waals surface area contributed by atoms with E-state index in [9.17, 15) is 0 Å². The molecule has 0 aliphatic carbocycles. The third-order valence-electron chi connectivity index (χ3n) is 6.41. The molecular formula is C24H26N4. The largest absolute Gasteiger partial charge is 0.357 e. The molecule has 1 aliphatic rings. The number of fused-ring (bicyclic) bond motifs is 3. The summed E-state index contributed by atoms with van der Waals surface area (Å²) >= 11 is 0. The zero-order valence-electron chi connectivity index (χ0n) is 16.6. The zero-order valence-corrected chi connectivity index (χ0v) is 16.6. The van der Waals surface area contributed by atoms with Crippen LogP contribution >= 0.6 is 0 Å². The van der Waals surface area contributed by atoms with Crippen molar-refractivity contribution < 1.29 is 0 Å². The van der Waals surface area contributed by atoms with Crippen molar-refractivity contribution in [2.24, 2.45) is 13.0 Å². The van der Waals surface area contributed by atoms with Gasteiger partial charge in [0.25, 0.3) is 0 Å². The molecular weight excluding hydrogens is 344 g/mol. The number of aryl methyl sites for hydroxylation is 1. The molecule has 1 aromatic carbocycles. The molecule has 3 aromatic heterocycles. The van der Waals surface area contributed by atoms with Gasteiger partial charge in [-0.05, 0) is 48.6 Å². The van der Waals surface area contributed by atoms with Crippen molar-refractivity contribution >= 4 is 27.6 Å². The van der Waals surface area contributed by atoms with Gasteiger partial charge >= 0.3 is 0 Å². The fourth-order valence-corrected chi connectivity index (χ4v) is 4.55. The lowest BCUT2D eigenvalue weighted by Gasteiger charge is -2.32. The summed E-state index contributed by atoms with van der Waals surface area (Å²) in [5.74, 6) is 1.99. The molecule has 0 bridgehead atoms. The van der Waals surface area contributed by atoms with Crippen molar-refractivity contribution in [3.8, 4) is 11.1 Å². The molecule has 142 valence electrons. The Bertz CT molecular complexity index is 1120. The Balaban J connectivity index is 1.45. The number of rotatable bonds is 3. The topological polar surface area (TPSA) is 34.0 Å². The van der Waals surface area contributed by atoms with Crippen molar-refractivity contribution in [1.82, 2.24) is 14.5 Å². The van der Waals surface area contributed by atoms with Crippen LogP contribution in [-0.2, 0) is 7.05 Å². The minimum absolute atomic E-state index is 0.887. The number of pyridine rings is 2. The van der Waals surface area contributed by atoms with Gasteiger partial charge in [-0.3, -0.25) is 4.98 Å². The van der Waals surface area contributed by atoms with Crippen LogP contribution in [0.5, 0.6) is 0 Å². The molecule has 4 heterocycles. The lowest BCUT2D eigenvalue weighted by atomic mass is 9.94. The Hall–Kier alpha value is -2.88. The molecule has 4 heteroatoms. The van der Waals surface area contributed by atoms with E-state index in [0.29, 0.717) is 0 Å². The number of anilines is 1. The van der Waals surface area contributed by atoms with E-state index in [1.807, 2.05) is 18.6 Å². The summed E-state index contributed by atoms with van der Waals surface area (Å²) in [5, 5.41) is 2.45. The van der Waals surface area contributed by atoms with Crippen LogP contribution in [0.1, 0.15) is 26.2 Å². The maximum Gasteiger partial charge on any atom is 0.128 e. The van der Waals surface area contributed by atoms with Crippen LogP contribution in [0.25, 0.3) is 32.9 Å². The Morgan fingerprint density at radius 2 is 1.75 bits per heavy atom. The van der Waals surface area contributed by atoms with Gasteiger partial charge in [-0.15, -0.1) is 0 Å². The highest BCUT2D eigenvalue weighted by Crippen LogP contribution is 2.32. The van der Waals surface area contributed by atoms with Gasteiger partial charge in [-0.25, -0.2) is 4.98 Å². The molecule has 0 spiro atoms. The summed E-state index contributed by atoms with van der Waals surface area (Å²) in [7, 11) is 2.12. The average Bonchev–Trinajstić information content (AvgIpc) is 3.06. The van der Waals surface area contributed by atoms with Crippen LogP contribution in [0.15, 0.2) is 55.0 Å². The summed E-state index contributed by atoms with van der Waals surface area (Å²) in [6.07, 6.45) is 9.70. The second-order valence-electron chi connectivity index (χ2n) is 7.93. The average molecular weight is 371 g/mol. The third-order valence-corrected chi connectivity index (χ3v) is 6.41. The summed E-state index contributed by atoms with van der Waals surface area (Å²) in [4.78, 5) is 11.5. The highest BCUT2D eigenvalue weighted by Gasteiger charge is 2.18. The first-order chi connectivity index (χ1) is 13.7. The molecule has 1 fully saturated rings. The maximum absolute atomic E-state index is 4.78. The van der Waals surface area contributed by atoms with Crippen LogP contribution in [0.3, 0.4) is 0 Å². The number of hydrogen-bond donors (Lipinski definition) is 0. The summed E-state index contributed by atoms with van der Waals surface area (Å²) < 4.78 is 2.25. The van der Waals surface area contributed by atoms with Crippen LogP contribution in [0.4, 0.5) is 5.82 Å². The maximum atomic E-state index is 4.78. The number of aromatic nitrogens is 3. The van der Waals surface area contributed by atoms with E-state index in [2.05, 4.69) is 64.8 Å². The van der Waals surface area contributed by atoms with Gasteiger partial charge in [-0.2, -0.15) is 0 Å². The van der Waals surface area contributed by atoms with Crippen LogP contribution < -0.4 is 4.90 Å². The first-order valence-electron chi connectivity index (χ1n) is 10.3. The van der Waals surface area contributed by atoms with Gasteiger partial charge in [0.05, 0.1) is 5.52 Å². The number of piperidine rings is 1. The van der Waals surface area contributed by atoms with Gasteiger partial charge < -0.3 is 9.47 Å². The Morgan fingerprint density at radius 1 is 0.929 bits per heavy atom. The Morgan fingerprint density at radius 3 is 2.50 bits per heavy atom. The van der Waals surface area contributed by atoms with Crippen LogP contribution in [0.2, 0.25) is 0 Å². The molecule has 1 aliphatic heterocycles. The lowest BCUT2D eigenvalue weighted by Crippen LogP contribution is -2.33. The first kappa shape index (κ1) is 17.2. The fraction of sp³-hybridized carbons (Fsp3) is 0.333. The lowest BCUT2D eigenvalue weighted by molar-refractivity contribution is 0.394. The second kappa shape index (κ2) is 6.93. The predicted molar refractivity (Wildman–Crippen MR) is 117 cm³/mol. The van der Waals surface area contributed by atoms with Gasteiger partial charge in [0, 0.05) is 60.6 Å².